The molecule has 1 aromatic carbocycles. The average Bonchev–Trinajstić information content (AvgIpc) is 3.32. The van der Waals surface area contributed by atoms with E-state index in [1.165, 1.54) is 4.88 Å². The zero-order chi connectivity index (χ0) is 17.5. The van der Waals surface area contributed by atoms with Crippen molar-refractivity contribution in [3.8, 4) is 11.3 Å². The number of nitrogens with one attached hydrogen (secondary N) is 3. The van der Waals surface area contributed by atoms with Crippen LogP contribution in [0.15, 0.2) is 47.7 Å². The van der Waals surface area contributed by atoms with Crippen LogP contribution in [0.4, 0.5) is 0 Å². The summed E-state index contributed by atoms with van der Waals surface area (Å²) in [6.07, 6.45) is 4.81. The highest BCUT2D eigenvalue weighted by atomic mass is 32.1. The fraction of sp³-hybridized carbons (Fsp3) is 0.278. The molecule has 0 saturated heterocycles. The lowest BCUT2D eigenvalue weighted by atomic mass is 10.2. The average molecular weight is 354 g/mol. The molecule has 0 spiro atoms. The highest BCUT2D eigenvalue weighted by molar-refractivity contribution is 7.11. The van der Waals surface area contributed by atoms with Crippen LogP contribution in [0.2, 0.25) is 0 Å². The molecule has 3 aromatic rings. The van der Waals surface area contributed by atoms with Gasteiger partial charge in [-0.25, -0.2) is 9.97 Å². The van der Waals surface area contributed by atoms with Crippen molar-refractivity contribution in [2.45, 2.75) is 26.4 Å². The van der Waals surface area contributed by atoms with E-state index in [4.69, 9.17) is 0 Å². The summed E-state index contributed by atoms with van der Waals surface area (Å²) in [6.45, 7) is 3.38. The Balaban J connectivity index is 1.52. The van der Waals surface area contributed by atoms with Gasteiger partial charge >= 0.3 is 0 Å². The van der Waals surface area contributed by atoms with Crippen LogP contribution >= 0.6 is 11.3 Å². The van der Waals surface area contributed by atoms with Gasteiger partial charge < -0.3 is 15.6 Å². The van der Waals surface area contributed by atoms with E-state index in [1.54, 1.807) is 18.4 Å². The molecule has 0 fully saturated rings. The number of hydrogen-bond acceptors (Lipinski definition) is 4. The van der Waals surface area contributed by atoms with Gasteiger partial charge in [0.2, 0.25) is 0 Å². The fourth-order valence-corrected chi connectivity index (χ4v) is 3.16. The molecule has 0 saturated carbocycles. The minimum atomic E-state index is 0.574. The van der Waals surface area contributed by atoms with Crippen LogP contribution in [0.3, 0.4) is 0 Å². The lowest BCUT2D eigenvalue weighted by Crippen LogP contribution is -2.36. The first-order valence-corrected chi connectivity index (χ1v) is 9.07. The molecule has 7 heteroatoms. The Kier molecular flexibility index (Phi) is 5.79. The molecule has 0 atom stereocenters. The molecule has 3 rings (SSSR count). The van der Waals surface area contributed by atoms with Gasteiger partial charge in [-0.2, -0.15) is 0 Å². The van der Waals surface area contributed by atoms with Crippen LogP contribution in [0, 0.1) is 0 Å². The molecule has 2 aromatic heterocycles. The molecule has 3 N–H and O–H groups in total. The van der Waals surface area contributed by atoms with Crippen LogP contribution in [0.5, 0.6) is 0 Å². The third-order valence-corrected chi connectivity index (χ3v) is 4.86. The van der Waals surface area contributed by atoms with Gasteiger partial charge in [0.25, 0.3) is 0 Å². The van der Waals surface area contributed by atoms with Crippen molar-refractivity contribution < 1.29 is 0 Å². The number of hydrogen-bond donors (Lipinski definition) is 3. The Hall–Kier alpha value is -2.67. The van der Waals surface area contributed by atoms with Crippen molar-refractivity contribution in [3.05, 3.63) is 58.4 Å². The monoisotopic (exact) mass is 354 g/mol. The molecule has 2 heterocycles. The smallest absolute Gasteiger partial charge is 0.191 e. The van der Waals surface area contributed by atoms with Gasteiger partial charge in [0, 0.05) is 18.1 Å². The van der Waals surface area contributed by atoms with Crippen molar-refractivity contribution in [1.29, 1.82) is 0 Å². The maximum Gasteiger partial charge on any atom is 0.191 e. The zero-order valence-corrected chi connectivity index (χ0v) is 15.2. The molecular weight excluding hydrogens is 332 g/mol. The Morgan fingerprint density at radius 1 is 1.12 bits per heavy atom. The van der Waals surface area contributed by atoms with E-state index < -0.39 is 0 Å². The molecule has 0 radical (unpaired) electrons. The first kappa shape index (κ1) is 17.2. The molecule has 0 aliphatic carbocycles. The highest BCUT2D eigenvalue weighted by Crippen LogP contribution is 2.16. The van der Waals surface area contributed by atoms with Crippen LogP contribution in [0.25, 0.3) is 11.3 Å². The maximum atomic E-state index is 4.42. The van der Waals surface area contributed by atoms with Gasteiger partial charge in [0.1, 0.15) is 10.8 Å². The quantitative estimate of drug-likeness (QED) is 0.470. The van der Waals surface area contributed by atoms with Crippen LogP contribution in [0.1, 0.15) is 22.6 Å². The van der Waals surface area contributed by atoms with E-state index in [2.05, 4.69) is 49.6 Å². The third-order valence-electron chi connectivity index (χ3n) is 3.72. The van der Waals surface area contributed by atoms with Crippen molar-refractivity contribution in [2.24, 2.45) is 4.99 Å². The summed E-state index contributed by atoms with van der Waals surface area (Å²) in [7, 11) is 1.76. The number of aliphatic imine (C=N–C) groups is 1. The van der Waals surface area contributed by atoms with Gasteiger partial charge in [-0.15, -0.1) is 11.3 Å². The Bertz CT molecular complexity index is 821. The molecule has 6 nitrogen and oxygen atoms in total. The predicted octanol–water partition coefficient (Wildman–Crippen LogP) is 2.96. The van der Waals surface area contributed by atoms with Gasteiger partial charge in [-0.3, -0.25) is 4.99 Å². The van der Waals surface area contributed by atoms with E-state index in [0.29, 0.717) is 13.1 Å². The van der Waals surface area contributed by atoms with E-state index in [1.807, 2.05) is 30.6 Å². The lowest BCUT2D eigenvalue weighted by molar-refractivity contribution is 0.779. The van der Waals surface area contributed by atoms with Gasteiger partial charge in [-0.1, -0.05) is 37.3 Å². The van der Waals surface area contributed by atoms with Gasteiger partial charge in [0.05, 0.1) is 25.0 Å². The Morgan fingerprint density at radius 3 is 2.64 bits per heavy atom. The number of imidazole rings is 1. The lowest BCUT2D eigenvalue weighted by Gasteiger charge is -2.09. The van der Waals surface area contributed by atoms with Gasteiger partial charge in [0.15, 0.2) is 5.96 Å². The highest BCUT2D eigenvalue weighted by Gasteiger charge is 2.05. The van der Waals surface area contributed by atoms with Crippen molar-refractivity contribution >= 4 is 17.3 Å². The first-order valence-electron chi connectivity index (χ1n) is 8.26. The fourth-order valence-electron chi connectivity index (χ4n) is 2.36. The van der Waals surface area contributed by atoms with Crippen molar-refractivity contribution in [2.75, 3.05) is 7.05 Å². The van der Waals surface area contributed by atoms with Crippen LogP contribution < -0.4 is 10.6 Å². The summed E-state index contributed by atoms with van der Waals surface area (Å²) < 4.78 is 0. The standard InChI is InChI=1S/C18H22N6S/c1-3-14-9-21-17(25-14)12-23-18(19-2)22-11-16-20-10-15(24-16)13-7-5-4-6-8-13/h4-10H,3,11-12H2,1-2H3,(H,20,24)(H2,19,22,23). The summed E-state index contributed by atoms with van der Waals surface area (Å²) in [4.78, 5) is 17.7. The van der Waals surface area contributed by atoms with E-state index in [0.717, 1.165) is 34.5 Å². The van der Waals surface area contributed by atoms with Crippen LogP contribution in [-0.4, -0.2) is 28.0 Å². The van der Waals surface area contributed by atoms with Crippen molar-refractivity contribution in [1.82, 2.24) is 25.6 Å². The summed E-state index contributed by atoms with van der Waals surface area (Å²) in [5, 5.41) is 7.60. The predicted molar refractivity (Wildman–Crippen MR) is 103 cm³/mol. The molecule has 0 aliphatic heterocycles. The maximum absolute atomic E-state index is 4.42. The number of rotatable bonds is 6. The number of thiazole rings is 1. The summed E-state index contributed by atoms with van der Waals surface area (Å²) in [5.41, 5.74) is 2.13. The molecule has 0 amide bonds. The third kappa shape index (κ3) is 4.67. The van der Waals surface area contributed by atoms with E-state index in [9.17, 15) is 0 Å². The van der Waals surface area contributed by atoms with Gasteiger partial charge in [-0.05, 0) is 12.0 Å². The minimum absolute atomic E-state index is 0.574. The number of guanidine groups is 1. The molecule has 0 aliphatic rings. The summed E-state index contributed by atoms with van der Waals surface area (Å²) in [6, 6.07) is 10.2. The first-order chi connectivity index (χ1) is 12.3. The minimum Gasteiger partial charge on any atom is -0.350 e. The normalized spacial score (nSPS) is 11.5. The number of nitrogens with zero attached hydrogens (tertiary/aromatic N) is 3. The second kappa shape index (κ2) is 8.43. The Labute approximate surface area is 151 Å². The second-order valence-electron chi connectivity index (χ2n) is 5.46. The summed E-state index contributed by atoms with van der Waals surface area (Å²) >= 11 is 1.73. The molecule has 0 unspecified atom stereocenters. The number of aromatic amines is 1. The number of benzene rings is 1. The van der Waals surface area contributed by atoms with E-state index in [-0.39, 0.29) is 0 Å². The number of aryl methyl sites for hydroxylation is 1. The number of H-pyrrole nitrogens is 1. The van der Waals surface area contributed by atoms with Crippen LogP contribution in [-0.2, 0) is 19.5 Å². The van der Waals surface area contributed by atoms with E-state index >= 15 is 0 Å². The molecule has 130 valence electrons. The summed E-state index contributed by atoms with van der Waals surface area (Å²) in [5.74, 6) is 1.59. The number of aromatic nitrogens is 3. The SMILES string of the molecule is CCc1cnc(CNC(=NC)NCc2ncc(-c3ccccc3)[nH]2)s1. The topological polar surface area (TPSA) is 78.0 Å². The molecular formula is C18H22N6S. The molecule has 0 bridgehead atoms. The zero-order valence-electron chi connectivity index (χ0n) is 14.4. The van der Waals surface area contributed by atoms with Crippen molar-refractivity contribution in [3.63, 3.8) is 0 Å². The Morgan fingerprint density at radius 2 is 1.92 bits per heavy atom. The molecule has 25 heavy (non-hydrogen) atoms. The second-order valence-corrected chi connectivity index (χ2v) is 6.66. The largest absolute Gasteiger partial charge is 0.350 e.